The van der Waals surface area contributed by atoms with Gasteiger partial charge in [-0.1, -0.05) is 38.8 Å². The van der Waals surface area contributed by atoms with Gasteiger partial charge in [-0.3, -0.25) is 4.68 Å². The topological polar surface area (TPSA) is 30.7 Å². The summed E-state index contributed by atoms with van der Waals surface area (Å²) >= 11 is 0. The first-order valence-electron chi connectivity index (χ1n) is 6.11. The van der Waals surface area contributed by atoms with E-state index in [0.717, 1.165) is 24.6 Å². The number of nitrogens with zero attached hydrogens (tertiary/aromatic N) is 3. The van der Waals surface area contributed by atoms with Gasteiger partial charge in [-0.15, -0.1) is 5.10 Å². The van der Waals surface area contributed by atoms with Crippen molar-refractivity contribution in [2.45, 2.75) is 59.4 Å². The molecule has 1 rings (SSSR count). The molecule has 15 heavy (non-hydrogen) atoms. The minimum absolute atomic E-state index is 0.792. The quantitative estimate of drug-likeness (QED) is 0.691. The lowest BCUT2D eigenvalue weighted by atomic mass is 10.1. The Balaban J connectivity index is 2.26. The van der Waals surface area contributed by atoms with E-state index in [1.54, 1.807) is 0 Å². The van der Waals surface area contributed by atoms with Crippen LogP contribution in [0.3, 0.4) is 0 Å². The third-order valence-electron chi connectivity index (χ3n) is 2.54. The molecule has 1 aromatic rings. The van der Waals surface area contributed by atoms with Crippen molar-refractivity contribution in [2.24, 2.45) is 5.92 Å². The molecule has 0 amide bonds. The number of rotatable bonds is 7. The van der Waals surface area contributed by atoms with Crippen LogP contribution in [-0.2, 0) is 13.0 Å². The van der Waals surface area contributed by atoms with Crippen LogP contribution in [0.1, 0.15) is 52.1 Å². The minimum Gasteiger partial charge on any atom is -0.252 e. The van der Waals surface area contributed by atoms with E-state index in [9.17, 15) is 0 Å². The first-order chi connectivity index (χ1) is 7.22. The van der Waals surface area contributed by atoms with Crippen LogP contribution < -0.4 is 0 Å². The monoisotopic (exact) mass is 209 g/mol. The zero-order valence-electron chi connectivity index (χ0n) is 10.2. The Morgan fingerprint density at radius 3 is 2.80 bits per heavy atom. The van der Waals surface area contributed by atoms with Crippen LogP contribution in [-0.4, -0.2) is 15.0 Å². The first-order valence-corrected chi connectivity index (χ1v) is 6.11. The molecule has 3 heteroatoms. The summed E-state index contributed by atoms with van der Waals surface area (Å²) in [5, 5.41) is 8.30. The largest absolute Gasteiger partial charge is 0.252 e. The molecule has 86 valence electrons. The molecule has 1 aromatic heterocycles. The Labute approximate surface area is 92.9 Å². The molecular formula is C12H23N3. The zero-order chi connectivity index (χ0) is 11.1. The fourth-order valence-electron chi connectivity index (χ4n) is 1.57. The third kappa shape index (κ3) is 4.96. The van der Waals surface area contributed by atoms with E-state index in [1.165, 1.54) is 25.7 Å². The van der Waals surface area contributed by atoms with E-state index in [4.69, 9.17) is 0 Å². The van der Waals surface area contributed by atoms with Crippen molar-refractivity contribution in [1.29, 1.82) is 0 Å². The fourth-order valence-corrected chi connectivity index (χ4v) is 1.57. The summed E-state index contributed by atoms with van der Waals surface area (Å²) < 4.78 is 1.97. The third-order valence-corrected chi connectivity index (χ3v) is 2.54. The smallest absolute Gasteiger partial charge is 0.0827 e. The number of aryl methyl sites for hydroxylation is 2. The fraction of sp³-hybridized carbons (Fsp3) is 0.833. The number of hydrogen-bond donors (Lipinski definition) is 0. The van der Waals surface area contributed by atoms with Crippen LogP contribution in [0.15, 0.2) is 6.20 Å². The molecule has 0 N–H and O–H groups in total. The highest BCUT2D eigenvalue weighted by Crippen LogP contribution is 2.07. The van der Waals surface area contributed by atoms with Gasteiger partial charge in [0.1, 0.15) is 0 Å². The van der Waals surface area contributed by atoms with E-state index in [2.05, 4.69) is 37.3 Å². The molecule has 0 bridgehead atoms. The maximum absolute atomic E-state index is 4.18. The van der Waals surface area contributed by atoms with Crippen LogP contribution in [0.5, 0.6) is 0 Å². The van der Waals surface area contributed by atoms with E-state index < -0.39 is 0 Å². The lowest BCUT2D eigenvalue weighted by molar-refractivity contribution is 0.551. The summed E-state index contributed by atoms with van der Waals surface area (Å²) in [6.07, 6.45) is 8.07. The molecule has 0 fully saturated rings. The highest BCUT2D eigenvalue weighted by Gasteiger charge is 2.01. The lowest BCUT2D eigenvalue weighted by Crippen LogP contribution is -1.97. The van der Waals surface area contributed by atoms with Gasteiger partial charge in [-0.2, -0.15) is 0 Å². The second kappa shape index (κ2) is 6.59. The molecule has 0 aromatic carbocycles. The van der Waals surface area contributed by atoms with Gasteiger partial charge in [0.2, 0.25) is 0 Å². The highest BCUT2D eigenvalue weighted by atomic mass is 15.4. The van der Waals surface area contributed by atoms with Gasteiger partial charge in [0.05, 0.1) is 5.69 Å². The van der Waals surface area contributed by atoms with Gasteiger partial charge in [0.15, 0.2) is 0 Å². The summed E-state index contributed by atoms with van der Waals surface area (Å²) in [5.41, 5.74) is 1.15. The maximum atomic E-state index is 4.18. The summed E-state index contributed by atoms with van der Waals surface area (Å²) in [6.45, 7) is 7.73. The van der Waals surface area contributed by atoms with Crippen LogP contribution in [0, 0.1) is 5.92 Å². The summed E-state index contributed by atoms with van der Waals surface area (Å²) in [7, 11) is 0. The van der Waals surface area contributed by atoms with Crippen molar-refractivity contribution in [3.8, 4) is 0 Å². The lowest BCUT2D eigenvalue weighted by Gasteiger charge is -2.01. The average Bonchev–Trinajstić information content (AvgIpc) is 2.62. The van der Waals surface area contributed by atoms with Crippen molar-refractivity contribution < 1.29 is 0 Å². The second-order valence-electron chi connectivity index (χ2n) is 4.61. The summed E-state index contributed by atoms with van der Waals surface area (Å²) in [6, 6.07) is 0. The predicted octanol–water partition coefficient (Wildman–Crippen LogP) is 3.06. The number of unbranched alkanes of at least 4 members (excludes halogenated alkanes) is 1. The van der Waals surface area contributed by atoms with Gasteiger partial charge in [-0.25, -0.2) is 0 Å². The van der Waals surface area contributed by atoms with Gasteiger partial charge in [0.25, 0.3) is 0 Å². The van der Waals surface area contributed by atoms with Crippen LogP contribution in [0.2, 0.25) is 0 Å². The van der Waals surface area contributed by atoms with Gasteiger partial charge >= 0.3 is 0 Å². The molecule has 0 unspecified atom stereocenters. The first kappa shape index (κ1) is 12.2. The Hall–Kier alpha value is -0.860. The van der Waals surface area contributed by atoms with E-state index >= 15 is 0 Å². The molecule has 0 aliphatic rings. The zero-order valence-corrected chi connectivity index (χ0v) is 10.2. The molecule has 1 heterocycles. The van der Waals surface area contributed by atoms with Crippen molar-refractivity contribution in [1.82, 2.24) is 15.0 Å². The Kier molecular flexibility index (Phi) is 5.37. The standard InChI is InChI=1S/C12H23N3/c1-4-5-9-15-10-12(13-14-15)8-6-7-11(2)3/h10-11H,4-9H2,1-3H3. The van der Waals surface area contributed by atoms with Crippen LogP contribution >= 0.6 is 0 Å². The molecule has 0 radical (unpaired) electrons. The van der Waals surface area contributed by atoms with Gasteiger partial charge < -0.3 is 0 Å². The number of hydrogen-bond acceptors (Lipinski definition) is 2. The van der Waals surface area contributed by atoms with E-state index in [0.29, 0.717) is 0 Å². The Bertz CT molecular complexity index is 266. The van der Waals surface area contributed by atoms with Crippen LogP contribution in [0.25, 0.3) is 0 Å². The van der Waals surface area contributed by atoms with Crippen LogP contribution in [0.4, 0.5) is 0 Å². The average molecular weight is 209 g/mol. The van der Waals surface area contributed by atoms with Gasteiger partial charge in [0, 0.05) is 12.7 Å². The van der Waals surface area contributed by atoms with Crippen molar-refractivity contribution in [3.63, 3.8) is 0 Å². The molecular weight excluding hydrogens is 186 g/mol. The molecule has 0 aliphatic heterocycles. The summed E-state index contributed by atoms with van der Waals surface area (Å²) in [4.78, 5) is 0. The SMILES string of the molecule is CCCCn1cc(CCCC(C)C)nn1. The molecule has 0 spiro atoms. The Morgan fingerprint density at radius 2 is 2.13 bits per heavy atom. The van der Waals surface area contributed by atoms with Crippen molar-refractivity contribution in [3.05, 3.63) is 11.9 Å². The molecule has 3 nitrogen and oxygen atoms in total. The summed E-state index contributed by atoms with van der Waals surface area (Å²) in [5.74, 6) is 0.792. The Morgan fingerprint density at radius 1 is 1.33 bits per heavy atom. The van der Waals surface area contributed by atoms with Crippen molar-refractivity contribution >= 4 is 0 Å². The second-order valence-corrected chi connectivity index (χ2v) is 4.61. The van der Waals surface area contributed by atoms with Gasteiger partial charge in [-0.05, 0) is 25.2 Å². The minimum atomic E-state index is 0.792. The highest BCUT2D eigenvalue weighted by molar-refractivity contribution is 4.92. The normalized spacial score (nSPS) is 11.2. The molecule has 0 saturated carbocycles. The predicted molar refractivity (Wildman–Crippen MR) is 62.7 cm³/mol. The van der Waals surface area contributed by atoms with Crippen molar-refractivity contribution in [2.75, 3.05) is 0 Å². The molecule has 0 aliphatic carbocycles. The van der Waals surface area contributed by atoms with E-state index in [-0.39, 0.29) is 0 Å². The molecule has 0 saturated heterocycles. The number of aromatic nitrogens is 3. The van der Waals surface area contributed by atoms with E-state index in [1.807, 2.05) is 4.68 Å². The molecule has 0 atom stereocenters. The maximum Gasteiger partial charge on any atom is 0.0827 e.